The Morgan fingerprint density at radius 3 is 2.40 bits per heavy atom. The van der Waals surface area contributed by atoms with Crippen LogP contribution in [0.3, 0.4) is 0 Å². The highest BCUT2D eigenvalue weighted by molar-refractivity contribution is 7.92. The van der Waals surface area contributed by atoms with E-state index < -0.39 is 14.9 Å². The van der Waals surface area contributed by atoms with Gasteiger partial charge in [0.1, 0.15) is 10.6 Å². The highest BCUT2D eigenvalue weighted by atomic mass is 35.5. The highest BCUT2D eigenvalue weighted by Crippen LogP contribution is 2.25. The van der Waals surface area contributed by atoms with Crippen LogP contribution in [0, 0.1) is 10.1 Å². The number of benzene rings is 1. The van der Waals surface area contributed by atoms with Crippen LogP contribution in [0.15, 0.2) is 41.6 Å². The lowest BCUT2D eigenvalue weighted by Crippen LogP contribution is -2.14. The van der Waals surface area contributed by atoms with Gasteiger partial charge in [-0.1, -0.05) is 12.1 Å². The molecule has 10 heteroatoms. The Labute approximate surface area is 118 Å². The third kappa shape index (κ3) is 3.00. The SMILES string of the molecule is O=[N+]([O-])c1ccccc1NS(=O)(=O)c1cnc(Cl)nc1. The van der Waals surface area contributed by atoms with Gasteiger partial charge in [0.15, 0.2) is 0 Å². The first-order chi connectivity index (χ1) is 9.40. The van der Waals surface area contributed by atoms with Crippen LogP contribution < -0.4 is 4.72 Å². The zero-order chi connectivity index (χ0) is 14.8. The van der Waals surface area contributed by atoms with E-state index in [4.69, 9.17) is 11.6 Å². The van der Waals surface area contributed by atoms with Gasteiger partial charge in [0.2, 0.25) is 5.28 Å². The van der Waals surface area contributed by atoms with E-state index in [0.29, 0.717) is 0 Å². The van der Waals surface area contributed by atoms with Crippen molar-refractivity contribution >= 4 is 33.0 Å². The molecule has 0 fully saturated rings. The van der Waals surface area contributed by atoms with Crippen LogP contribution in [0.1, 0.15) is 0 Å². The number of sulfonamides is 1. The molecule has 2 aromatic rings. The molecule has 0 saturated carbocycles. The van der Waals surface area contributed by atoms with Crippen LogP contribution in [0.25, 0.3) is 0 Å². The van der Waals surface area contributed by atoms with Crippen LogP contribution >= 0.6 is 11.6 Å². The van der Waals surface area contributed by atoms with Crippen molar-refractivity contribution < 1.29 is 13.3 Å². The van der Waals surface area contributed by atoms with Crippen LogP contribution in [-0.2, 0) is 10.0 Å². The number of nitrogens with zero attached hydrogens (tertiary/aromatic N) is 3. The molecule has 0 unspecified atom stereocenters. The van der Waals surface area contributed by atoms with Crippen molar-refractivity contribution in [3.8, 4) is 0 Å². The number of hydrogen-bond acceptors (Lipinski definition) is 6. The summed E-state index contributed by atoms with van der Waals surface area (Å²) in [5.74, 6) is 0. The summed E-state index contributed by atoms with van der Waals surface area (Å²) in [6, 6.07) is 5.38. The van der Waals surface area contributed by atoms with Crippen LogP contribution in [0.5, 0.6) is 0 Å². The molecule has 8 nitrogen and oxygen atoms in total. The minimum absolute atomic E-state index is 0.102. The summed E-state index contributed by atoms with van der Waals surface area (Å²) in [5, 5.41) is 10.7. The first-order valence-electron chi connectivity index (χ1n) is 5.14. The molecule has 0 bridgehead atoms. The molecule has 0 aliphatic heterocycles. The number of hydrogen-bond donors (Lipinski definition) is 1. The normalized spacial score (nSPS) is 11.1. The number of aromatic nitrogens is 2. The fraction of sp³-hybridized carbons (Fsp3) is 0. The topological polar surface area (TPSA) is 115 Å². The Bertz CT molecular complexity index is 748. The van der Waals surface area contributed by atoms with Gasteiger partial charge in [-0.3, -0.25) is 14.8 Å². The molecule has 0 atom stereocenters. The lowest BCUT2D eigenvalue weighted by atomic mass is 10.3. The summed E-state index contributed by atoms with van der Waals surface area (Å²) in [5.41, 5.74) is -0.501. The maximum absolute atomic E-state index is 12.0. The van der Waals surface area contributed by atoms with E-state index in [-0.39, 0.29) is 21.6 Å². The summed E-state index contributed by atoms with van der Waals surface area (Å²) in [7, 11) is -4.02. The van der Waals surface area contributed by atoms with E-state index in [9.17, 15) is 18.5 Å². The number of halogens is 1. The second kappa shape index (κ2) is 5.39. The first-order valence-corrected chi connectivity index (χ1v) is 7.00. The number of nitro groups is 1. The lowest BCUT2D eigenvalue weighted by molar-refractivity contribution is -0.383. The molecule has 104 valence electrons. The van der Waals surface area contributed by atoms with Crippen molar-refractivity contribution in [1.82, 2.24) is 9.97 Å². The summed E-state index contributed by atoms with van der Waals surface area (Å²) >= 11 is 5.46. The van der Waals surface area contributed by atoms with Gasteiger partial charge in [-0.2, -0.15) is 0 Å². The quantitative estimate of drug-likeness (QED) is 0.523. The zero-order valence-electron chi connectivity index (χ0n) is 9.72. The fourth-order valence-electron chi connectivity index (χ4n) is 1.36. The van der Waals surface area contributed by atoms with Crippen LogP contribution in [0.2, 0.25) is 5.28 Å². The van der Waals surface area contributed by atoms with Gasteiger partial charge < -0.3 is 0 Å². The number of nitrogens with one attached hydrogen (secondary N) is 1. The molecular weight excluding hydrogens is 308 g/mol. The molecule has 1 aromatic carbocycles. The van der Waals surface area contributed by atoms with Crippen LogP contribution in [0.4, 0.5) is 11.4 Å². The van der Waals surface area contributed by atoms with Gasteiger partial charge in [0, 0.05) is 6.07 Å². The Morgan fingerprint density at radius 2 is 1.80 bits per heavy atom. The molecule has 2 rings (SSSR count). The smallest absolute Gasteiger partial charge is 0.273 e. The van der Waals surface area contributed by atoms with Gasteiger partial charge in [-0.05, 0) is 17.7 Å². The van der Waals surface area contributed by atoms with E-state index in [2.05, 4.69) is 14.7 Å². The molecule has 0 saturated heterocycles. The third-order valence-electron chi connectivity index (χ3n) is 2.25. The van der Waals surface area contributed by atoms with Crippen LogP contribution in [-0.4, -0.2) is 23.3 Å². The van der Waals surface area contributed by atoms with Crippen molar-refractivity contribution in [1.29, 1.82) is 0 Å². The fourth-order valence-corrected chi connectivity index (χ4v) is 2.42. The molecule has 20 heavy (non-hydrogen) atoms. The molecule has 0 aliphatic rings. The van der Waals surface area contributed by atoms with E-state index in [1.807, 2.05) is 0 Å². The molecule has 1 aromatic heterocycles. The Balaban J connectivity index is 2.38. The largest absolute Gasteiger partial charge is 0.293 e. The first kappa shape index (κ1) is 14.2. The molecule has 0 aliphatic carbocycles. The van der Waals surface area contributed by atoms with Crippen molar-refractivity contribution in [2.75, 3.05) is 4.72 Å². The highest BCUT2D eigenvalue weighted by Gasteiger charge is 2.20. The molecule has 0 amide bonds. The maximum atomic E-state index is 12.0. The average molecular weight is 315 g/mol. The number of nitro benzene ring substituents is 1. The predicted molar refractivity (Wildman–Crippen MR) is 70.9 cm³/mol. The lowest BCUT2D eigenvalue weighted by Gasteiger charge is -2.07. The van der Waals surface area contributed by atoms with E-state index in [0.717, 1.165) is 12.4 Å². The molecule has 1 heterocycles. The van der Waals surface area contributed by atoms with Gasteiger partial charge in [-0.25, -0.2) is 18.4 Å². The zero-order valence-corrected chi connectivity index (χ0v) is 11.3. The molecular formula is C10H7ClN4O4S. The van der Waals surface area contributed by atoms with Crippen molar-refractivity contribution in [2.24, 2.45) is 0 Å². The molecule has 1 N–H and O–H groups in total. The standard InChI is InChI=1S/C10H7ClN4O4S/c11-10-12-5-7(6-13-10)20(18,19)14-8-3-1-2-4-9(8)15(16)17/h1-6,14H. The van der Waals surface area contributed by atoms with E-state index in [1.54, 1.807) is 0 Å². The Hall–Kier alpha value is -2.26. The second-order valence-electron chi connectivity index (χ2n) is 3.57. The van der Waals surface area contributed by atoms with Gasteiger partial charge in [-0.15, -0.1) is 0 Å². The summed E-state index contributed by atoms with van der Waals surface area (Å²) < 4.78 is 26.2. The van der Waals surface area contributed by atoms with E-state index in [1.165, 1.54) is 24.3 Å². The monoisotopic (exact) mass is 314 g/mol. The third-order valence-corrected chi connectivity index (χ3v) is 3.77. The summed E-state index contributed by atoms with van der Waals surface area (Å²) in [6.45, 7) is 0. The predicted octanol–water partition coefficient (Wildman–Crippen LogP) is 1.84. The summed E-state index contributed by atoms with van der Waals surface area (Å²) in [6.07, 6.45) is 2.01. The molecule has 0 spiro atoms. The number of rotatable bonds is 4. The average Bonchev–Trinajstić information content (AvgIpc) is 2.39. The number of anilines is 1. The van der Waals surface area contributed by atoms with Crippen molar-refractivity contribution in [2.45, 2.75) is 4.90 Å². The molecule has 0 radical (unpaired) electrons. The minimum Gasteiger partial charge on any atom is -0.273 e. The number of para-hydroxylation sites is 2. The Morgan fingerprint density at radius 1 is 1.20 bits per heavy atom. The van der Waals surface area contributed by atoms with Crippen molar-refractivity contribution in [3.05, 3.63) is 52.1 Å². The van der Waals surface area contributed by atoms with Crippen molar-refractivity contribution in [3.63, 3.8) is 0 Å². The van der Waals surface area contributed by atoms with Gasteiger partial charge in [0.25, 0.3) is 15.7 Å². The minimum atomic E-state index is -4.02. The summed E-state index contributed by atoms with van der Waals surface area (Å²) in [4.78, 5) is 17.0. The van der Waals surface area contributed by atoms with Gasteiger partial charge in [0.05, 0.1) is 17.3 Å². The maximum Gasteiger partial charge on any atom is 0.293 e. The van der Waals surface area contributed by atoms with E-state index >= 15 is 0 Å². The second-order valence-corrected chi connectivity index (χ2v) is 5.59. The Kier molecular flexibility index (Phi) is 3.81. The van der Waals surface area contributed by atoms with Gasteiger partial charge >= 0.3 is 0 Å².